The molecule has 1 aliphatic rings. The summed E-state index contributed by atoms with van der Waals surface area (Å²) in [4.78, 5) is 17.7. The number of nitrogens with one attached hydrogen (secondary N) is 2. The molecule has 0 saturated carbocycles. The Morgan fingerprint density at radius 1 is 1.32 bits per heavy atom. The maximum atomic E-state index is 14.9. The van der Waals surface area contributed by atoms with Crippen LogP contribution in [-0.4, -0.2) is 23.0 Å². The van der Waals surface area contributed by atoms with E-state index in [1.165, 1.54) is 23.4 Å². The Morgan fingerprint density at radius 3 is 2.90 bits per heavy atom. The molecule has 4 rings (SSSR count). The summed E-state index contributed by atoms with van der Waals surface area (Å²) >= 11 is 1.11. The van der Waals surface area contributed by atoms with Crippen molar-refractivity contribution in [3.05, 3.63) is 65.6 Å². The molecule has 1 aromatic heterocycles. The zero-order valence-electron chi connectivity index (χ0n) is 16.5. The number of halogens is 2. The van der Waals surface area contributed by atoms with Crippen molar-refractivity contribution in [3.8, 4) is 17.6 Å². The highest BCUT2D eigenvalue weighted by Crippen LogP contribution is 2.41. The standard InChI is InChI=1S/C20H18F2N4O4S/c1-11-17-14(21)8-13(29-19-24-6-7-28-19)9-16(17)30-20(27)26(11)10-12-4-3-5-15(18(12)22)25-31-23-2/h3-9,11,23,25H,10H2,1-2H3. The van der Waals surface area contributed by atoms with Gasteiger partial charge in [0, 0.05) is 29.8 Å². The van der Waals surface area contributed by atoms with Crippen LogP contribution in [0.1, 0.15) is 24.1 Å². The first kappa shape index (κ1) is 20.9. The molecule has 0 radical (unpaired) electrons. The Kier molecular flexibility index (Phi) is 5.96. The van der Waals surface area contributed by atoms with Crippen LogP contribution >= 0.6 is 12.1 Å². The van der Waals surface area contributed by atoms with E-state index in [1.807, 2.05) is 0 Å². The van der Waals surface area contributed by atoms with Crippen molar-refractivity contribution in [2.75, 3.05) is 11.8 Å². The zero-order valence-corrected chi connectivity index (χ0v) is 17.3. The van der Waals surface area contributed by atoms with Gasteiger partial charge in [-0.15, -0.1) is 0 Å². The Labute approximate surface area is 180 Å². The lowest BCUT2D eigenvalue weighted by Gasteiger charge is -2.34. The quantitative estimate of drug-likeness (QED) is 0.488. The van der Waals surface area contributed by atoms with Gasteiger partial charge in [0.15, 0.2) is 5.82 Å². The summed E-state index contributed by atoms with van der Waals surface area (Å²) in [6.45, 7) is 1.55. The van der Waals surface area contributed by atoms with Crippen molar-refractivity contribution in [1.29, 1.82) is 0 Å². The van der Waals surface area contributed by atoms with Crippen LogP contribution in [0.25, 0.3) is 0 Å². The molecule has 1 aliphatic heterocycles. The van der Waals surface area contributed by atoms with E-state index in [0.717, 1.165) is 18.2 Å². The molecule has 162 valence electrons. The number of anilines is 1. The summed E-state index contributed by atoms with van der Waals surface area (Å²) in [6, 6.07) is 6.63. The van der Waals surface area contributed by atoms with Crippen LogP contribution in [0.4, 0.5) is 19.3 Å². The van der Waals surface area contributed by atoms with E-state index in [1.54, 1.807) is 32.2 Å². The van der Waals surface area contributed by atoms with E-state index in [-0.39, 0.29) is 40.9 Å². The van der Waals surface area contributed by atoms with E-state index >= 15 is 0 Å². The number of carbonyl (C=O) groups excluding carboxylic acids is 1. The monoisotopic (exact) mass is 448 g/mol. The molecule has 31 heavy (non-hydrogen) atoms. The molecule has 11 heteroatoms. The topological polar surface area (TPSA) is 88.9 Å². The Bertz CT molecular complexity index is 1100. The van der Waals surface area contributed by atoms with Gasteiger partial charge in [-0.1, -0.05) is 12.1 Å². The molecule has 1 atom stereocenters. The number of ether oxygens (including phenoxy) is 2. The molecular formula is C20H18F2N4O4S. The Morgan fingerprint density at radius 2 is 2.16 bits per heavy atom. The van der Waals surface area contributed by atoms with Gasteiger partial charge in [0.05, 0.1) is 30.0 Å². The van der Waals surface area contributed by atoms with Gasteiger partial charge in [0.2, 0.25) is 0 Å². The Balaban J connectivity index is 1.59. The van der Waals surface area contributed by atoms with E-state index in [0.29, 0.717) is 0 Å². The highest BCUT2D eigenvalue weighted by Gasteiger charge is 2.35. The molecule has 2 N–H and O–H groups in total. The molecule has 0 bridgehead atoms. The summed E-state index contributed by atoms with van der Waals surface area (Å²) in [5.41, 5.74) is 0.688. The number of rotatable bonds is 7. The maximum Gasteiger partial charge on any atom is 0.416 e. The third-order valence-electron chi connectivity index (χ3n) is 4.68. The van der Waals surface area contributed by atoms with Crippen LogP contribution in [0.5, 0.6) is 17.6 Å². The third kappa shape index (κ3) is 4.28. The number of hydrogen-bond donors (Lipinski definition) is 2. The predicted octanol–water partition coefficient (Wildman–Crippen LogP) is 5.02. The number of oxazole rings is 1. The average molecular weight is 448 g/mol. The van der Waals surface area contributed by atoms with Gasteiger partial charge in [-0.3, -0.25) is 4.90 Å². The molecule has 8 nitrogen and oxygen atoms in total. The number of carbonyl (C=O) groups is 1. The third-order valence-corrected chi connectivity index (χ3v) is 5.21. The second-order valence-electron chi connectivity index (χ2n) is 6.58. The highest BCUT2D eigenvalue weighted by atomic mass is 32.2. The van der Waals surface area contributed by atoms with Crippen molar-refractivity contribution in [2.45, 2.75) is 19.5 Å². The van der Waals surface area contributed by atoms with Gasteiger partial charge in [0.1, 0.15) is 23.6 Å². The second-order valence-corrected chi connectivity index (χ2v) is 7.39. The number of fused-ring (bicyclic) bond motifs is 1. The summed E-state index contributed by atoms with van der Waals surface area (Å²) in [7, 11) is 1.69. The van der Waals surface area contributed by atoms with E-state index < -0.39 is 23.8 Å². The second kappa shape index (κ2) is 8.82. The van der Waals surface area contributed by atoms with Crippen LogP contribution in [0, 0.1) is 11.6 Å². The molecular weight excluding hydrogens is 430 g/mol. The first-order valence-corrected chi connectivity index (χ1v) is 10.0. The first-order valence-electron chi connectivity index (χ1n) is 9.23. The van der Waals surface area contributed by atoms with Gasteiger partial charge in [-0.25, -0.2) is 18.3 Å². The molecule has 3 aromatic rings. The summed E-state index contributed by atoms with van der Waals surface area (Å²) in [5, 5.41) is 0. The number of hydrogen-bond acceptors (Lipinski definition) is 8. The minimum Gasteiger partial charge on any atom is -0.417 e. The molecule has 0 fully saturated rings. The van der Waals surface area contributed by atoms with Crippen molar-refractivity contribution < 1.29 is 27.5 Å². The van der Waals surface area contributed by atoms with E-state index in [9.17, 15) is 13.6 Å². The zero-order chi connectivity index (χ0) is 22.0. The van der Waals surface area contributed by atoms with Crippen LogP contribution in [0.15, 0.2) is 47.2 Å². The van der Waals surface area contributed by atoms with Crippen molar-refractivity contribution >= 4 is 23.9 Å². The summed E-state index contributed by atoms with van der Waals surface area (Å²) in [5.74, 6) is -1.05. The van der Waals surface area contributed by atoms with Gasteiger partial charge < -0.3 is 18.6 Å². The SMILES string of the molecule is CNSNc1cccc(CN2C(=O)Oc3cc(Oc4ncco4)cc(F)c3C2C)c1F. The first-order chi connectivity index (χ1) is 15.0. The molecule has 2 aromatic carbocycles. The number of amides is 1. The molecule has 0 aliphatic carbocycles. The fourth-order valence-corrected chi connectivity index (χ4v) is 3.59. The lowest BCUT2D eigenvalue weighted by atomic mass is 10.0. The molecule has 2 heterocycles. The van der Waals surface area contributed by atoms with Gasteiger partial charge >= 0.3 is 12.2 Å². The minimum atomic E-state index is -0.727. The Hall–Kier alpha value is -3.31. The summed E-state index contributed by atoms with van der Waals surface area (Å²) in [6.07, 6.45) is 1.89. The summed E-state index contributed by atoms with van der Waals surface area (Å²) < 4.78 is 51.0. The van der Waals surface area contributed by atoms with Gasteiger partial charge in [-0.2, -0.15) is 4.98 Å². The lowest BCUT2D eigenvalue weighted by molar-refractivity contribution is 0.114. The fraction of sp³-hybridized carbons (Fsp3) is 0.200. The maximum absolute atomic E-state index is 14.9. The number of nitrogens with zero attached hydrogens (tertiary/aromatic N) is 2. The van der Waals surface area contributed by atoms with Gasteiger partial charge in [0.25, 0.3) is 0 Å². The lowest BCUT2D eigenvalue weighted by Crippen LogP contribution is -2.40. The van der Waals surface area contributed by atoms with Crippen LogP contribution < -0.4 is 18.9 Å². The van der Waals surface area contributed by atoms with Crippen molar-refractivity contribution in [2.24, 2.45) is 0 Å². The molecule has 1 unspecified atom stereocenters. The largest absolute Gasteiger partial charge is 0.417 e. The average Bonchev–Trinajstić information content (AvgIpc) is 3.23. The van der Waals surface area contributed by atoms with E-state index in [2.05, 4.69) is 14.4 Å². The smallest absolute Gasteiger partial charge is 0.416 e. The highest BCUT2D eigenvalue weighted by molar-refractivity contribution is 7.98. The normalized spacial score (nSPS) is 15.4. The van der Waals surface area contributed by atoms with E-state index in [4.69, 9.17) is 13.9 Å². The van der Waals surface area contributed by atoms with Crippen LogP contribution in [0.3, 0.4) is 0 Å². The molecule has 0 saturated heterocycles. The molecule has 1 amide bonds. The minimum absolute atomic E-state index is 0.0246. The number of benzene rings is 2. The van der Waals surface area contributed by atoms with Crippen molar-refractivity contribution in [3.63, 3.8) is 0 Å². The molecule has 0 spiro atoms. The van der Waals surface area contributed by atoms with Crippen LogP contribution in [0.2, 0.25) is 0 Å². The van der Waals surface area contributed by atoms with Crippen molar-refractivity contribution in [1.82, 2.24) is 14.6 Å². The predicted molar refractivity (Wildman–Crippen MR) is 110 cm³/mol. The fourth-order valence-electron chi connectivity index (χ4n) is 3.22. The van der Waals surface area contributed by atoms with Gasteiger partial charge in [-0.05, 0) is 20.0 Å². The van der Waals surface area contributed by atoms with Crippen LogP contribution in [-0.2, 0) is 6.54 Å². The number of aromatic nitrogens is 1.